The van der Waals surface area contributed by atoms with Crippen LogP contribution in [0.25, 0.3) is 5.32 Å². The lowest BCUT2D eigenvalue weighted by atomic mass is 10.2. The molecule has 0 spiro atoms. The fourth-order valence-corrected chi connectivity index (χ4v) is 0.755. The molecule has 0 amide bonds. The maximum absolute atomic E-state index is 5.56. The first kappa shape index (κ1) is 6.51. The number of rotatable bonds is 1. The summed E-state index contributed by atoms with van der Waals surface area (Å²) < 4.78 is 0. The number of nitrogens with two attached hydrogens (primary N) is 1. The Labute approximate surface area is 54.0 Å². The number of nitrogens with zero attached hydrogens (tertiary/aromatic N) is 2. The number of hydrogen-bond acceptors (Lipinski definition) is 3. The monoisotopic (exact) mass is 128 g/mol. The van der Waals surface area contributed by atoms with Gasteiger partial charge in [-0.2, -0.15) is 0 Å². The van der Waals surface area contributed by atoms with Gasteiger partial charge in [-0.05, 0) is 0 Å². The number of hydrogen-bond donors (Lipinski definition) is 1. The van der Waals surface area contributed by atoms with E-state index < -0.39 is 0 Å². The van der Waals surface area contributed by atoms with Crippen molar-refractivity contribution >= 4 is 5.71 Å². The molecular formula is C5H10N3O-. The highest BCUT2D eigenvalue weighted by atomic mass is 16.6. The van der Waals surface area contributed by atoms with Crippen LogP contribution in [0.4, 0.5) is 0 Å². The highest BCUT2D eigenvalue weighted by Gasteiger charge is 2.08. The van der Waals surface area contributed by atoms with E-state index in [1.54, 1.807) is 0 Å². The molecule has 1 aliphatic rings. The van der Waals surface area contributed by atoms with E-state index in [0.717, 1.165) is 5.71 Å². The van der Waals surface area contributed by atoms with Gasteiger partial charge in [-0.1, -0.05) is 5.16 Å². The van der Waals surface area contributed by atoms with E-state index in [2.05, 4.69) is 15.3 Å². The summed E-state index contributed by atoms with van der Waals surface area (Å²) in [5.41, 5.74) is 6.41. The van der Waals surface area contributed by atoms with Crippen LogP contribution < -0.4 is 5.73 Å². The summed E-state index contributed by atoms with van der Waals surface area (Å²) in [6.07, 6.45) is 0. The van der Waals surface area contributed by atoms with Crippen molar-refractivity contribution < 1.29 is 4.84 Å². The van der Waals surface area contributed by atoms with Crippen LogP contribution in [0.15, 0.2) is 5.16 Å². The zero-order valence-electron chi connectivity index (χ0n) is 5.37. The summed E-state index contributed by atoms with van der Waals surface area (Å²) in [6, 6.07) is -0.00931. The first-order chi connectivity index (χ1) is 4.34. The van der Waals surface area contributed by atoms with Crippen LogP contribution in [0.1, 0.15) is 0 Å². The molecule has 0 aromatic rings. The third kappa shape index (κ3) is 1.40. The summed E-state index contributed by atoms with van der Waals surface area (Å²) in [5, 5.41) is 7.73. The van der Waals surface area contributed by atoms with Crippen LogP contribution in [0.2, 0.25) is 0 Å². The van der Waals surface area contributed by atoms with Crippen molar-refractivity contribution in [1.82, 2.24) is 0 Å². The first-order valence-electron chi connectivity index (χ1n) is 2.83. The van der Waals surface area contributed by atoms with Crippen molar-refractivity contribution in [1.29, 1.82) is 0 Å². The molecule has 1 unspecified atom stereocenters. The molecule has 0 aromatic carbocycles. The zero-order valence-corrected chi connectivity index (χ0v) is 5.37. The Bertz CT molecular complexity index is 123. The number of oxime groups is 1. The SMILES string of the molecule is CO/N=C1\C[N-]CC1N. The molecule has 52 valence electrons. The van der Waals surface area contributed by atoms with Gasteiger partial charge in [0.25, 0.3) is 0 Å². The summed E-state index contributed by atoms with van der Waals surface area (Å²) >= 11 is 0. The summed E-state index contributed by atoms with van der Waals surface area (Å²) in [5.74, 6) is 0. The Kier molecular flexibility index (Phi) is 2.02. The second kappa shape index (κ2) is 2.80. The highest BCUT2D eigenvalue weighted by molar-refractivity contribution is 5.95. The molecule has 0 aromatic heterocycles. The Morgan fingerprint density at radius 3 is 3.11 bits per heavy atom. The summed E-state index contributed by atoms with van der Waals surface area (Å²) in [6.45, 7) is 1.32. The topological polar surface area (TPSA) is 61.7 Å². The van der Waals surface area contributed by atoms with E-state index in [1.165, 1.54) is 7.11 Å². The maximum Gasteiger partial charge on any atom is 0.106 e. The molecule has 0 aliphatic carbocycles. The Balaban J connectivity index is 2.48. The molecule has 9 heavy (non-hydrogen) atoms. The Morgan fingerprint density at radius 2 is 2.67 bits per heavy atom. The zero-order chi connectivity index (χ0) is 6.69. The van der Waals surface area contributed by atoms with E-state index >= 15 is 0 Å². The molecule has 1 rings (SSSR count). The maximum atomic E-state index is 5.56. The molecule has 1 atom stereocenters. The molecule has 1 saturated heterocycles. The van der Waals surface area contributed by atoms with Gasteiger partial charge in [-0.3, -0.25) is 0 Å². The smallest absolute Gasteiger partial charge is 0.106 e. The highest BCUT2D eigenvalue weighted by Crippen LogP contribution is 2.04. The molecule has 1 fully saturated rings. The largest absolute Gasteiger partial charge is 0.656 e. The minimum Gasteiger partial charge on any atom is -0.656 e. The van der Waals surface area contributed by atoms with Crippen LogP contribution >= 0.6 is 0 Å². The van der Waals surface area contributed by atoms with E-state index in [-0.39, 0.29) is 6.04 Å². The van der Waals surface area contributed by atoms with Crippen molar-refractivity contribution in [2.45, 2.75) is 6.04 Å². The van der Waals surface area contributed by atoms with Gasteiger partial charge in [-0.25, -0.2) is 0 Å². The average molecular weight is 128 g/mol. The van der Waals surface area contributed by atoms with Gasteiger partial charge in [0.15, 0.2) is 0 Å². The lowest BCUT2D eigenvalue weighted by Crippen LogP contribution is -2.28. The van der Waals surface area contributed by atoms with Crippen molar-refractivity contribution in [2.75, 3.05) is 20.2 Å². The van der Waals surface area contributed by atoms with E-state index in [4.69, 9.17) is 5.73 Å². The van der Waals surface area contributed by atoms with Gasteiger partial charge in [0.05, 0.1) is 5.71 Å². The van der Waals surface area contributed by atoms with Crippen molar-refractivity contribution in [3.63, 3.8) is 0 Å². The molecular weight excluding hydrogens is 118 g/mol. The van der Waals surface area contributed by atoms with E-state index in [9.17, 15) is 0 Å². The third-order valence-corrected chi connectivity index (χ3v) is 1.24. The predicted octanol–water partition coefficient (Wildman–Crippen LogP) is -0.297. The molecule has 0 saturated carbocycles. The van der Waals surface area contributed by atoms with Gasteiger partial charge in [-0.15, -0.1) is 13.1 Å². The van der Waals surface area contributed by atoms with Crippen LogP contribution in [0.3, 0.4) is 0 Å². The van der Waals surface area contributed by atoms with Crippen molar-refractivity contribution in [2.24, 2.45) is 10.9 Å². The fourth-order valence-electron chi connectivity index (χ4n) is 0.755. The van der Waals surface area contributed by atoms with Crippen molar-refractivity contribution in [3.8, 4) is 0 Å². The van der Waals surface area contributed by atoms with Gasteiger partial charge < -0.3 is 15.9 Å². The molecule has 4 heteroatoms. The third-order valence-electron chi connectivity index (χ3n) is 1.24. The van der Waals surface area contributed by atoms with Crippen LogP contribution in [-0.4, -0.2) is 32.0 Å². The molecule has 2 N–H and O–H groups in total. The molecule has 0 bridgehead atoms. The standard InChI is InChI=1S/C5H10N3O/c1-9-8-5-3-7-2-4(5)6/h4H,2-3,6H2,1H3/q-1/b8-5+. The second-order valence-electron chi connectivity index (χ2n) is 1.94. The average Bonchev–Trinajstić information content (AvgIpc) is 2.18. The van der Waals surface area contributed by atoms with Gasteiger partial charge >= 0.3 is 0 Å². The quantitative estimate of drug-likeness (QED) is 0.493. The van der Waals surface area contributed by atoms with Gasteiger partial charge in [0.2, 0.25) is 0 Å². The summed E-state index contributed by atoms with van der Waals surface area (Å²) in [4.78, 5) is 4.54. The first-order valence-corrected chi connectivity index (χ1v) is 2.83. The molecule has 0 radical (unpaired) electrons. The Hall–Kier alpha value is -0.610. The van der Waals surface area contributed by atoms with Crippen LogP contribution in [-0.2, 0) is 4.84 Å². The van der Waals surface area contributed by atoms with E-state index in [1.807, 2.05) is 0 Å². The molecule has 4 nitrogen and oxygen atoms in total. The van der Waals surface area contributed by atoms with Crippen LogP contribution in [0.5, 0.6) is 0 Å². The predicted molar refractivity (Wildman–Crippen MR) is 35.5 cm³/mol. The van der Waals surface area contributed by atoms with Gasteiger partial charge in [0, 0.05) is 6.04 Å². The fraction of sp³-hybridized carbons (Fsp3) is 0.800. The molecule has 1 heterocycles. The van der Waals surface area contributed by atoms with Crippen LogP contribution in [0, 0.1) is 0 Å². The second-order valence-corrected chi connectivity index (χ2v) is 1.94. The lowest BCUT2D eigenvalue weighted by molar-refractivity contribution is 0.212. The molecule has 1 aliphatic heterocycles. The minimum atomic E-state index is -0.00931. The lowest BCUT2D eigenvalue weighted by Gasteiger charge is -2.03. The van der Waals surface area contributed by atoms with Gasteiger partial charge in [0.1, 0.15) is 7.11 Å². The van der Waals surface area contributed by atoms with E-state index in [0.29, 0.717) is 13.1 Å². The minimum absolute atomic E-state index is 0.00931. The van der Waals surface area contributed by atoms with Crippen molar-refractivity contribution in [3.05, 3.63) is 5.32 Å². The normalized spacial score (nSPS) is 31.3. The Morgan fingerprint density at radius 1 is 1.89 bits per heavy atom. The summed E-state index contributed by atoms with van der Waals surface area (Å²) in [7, 11) is 1.51.